The molecule has 2 N–H and O–H groups in total. The van der Waals surface area contributed by atoms with Gasteiger partial charge in [0, 0.05) is 26.2 Å². The molecule has 6 heteroatoms. The minimum absolute atomic E-state index is 0.181. The first-order chi connectivity index (χ1) is 9.08. The average Bonchev–Trinajstić information content (AvgIpc) is 2.82. The molecule has 1 aromatic heterocycles. The van der Waals surface area contributed by atoms with Gasteiger partial charge in [-0.15, -0.1) is 5.10 Å². The zero-order chi connectivity index (χ0) is 13.8. The second-order valence-electron chi connectivity index (χ2n) is 4.62. The van der Waals surface area contributed by atoms with Crippen LogP contribution in [-0.2, 0) is 13.1 Å². The summed E-state index contributed by atoms with van der Waals surface area (Å²) in [6, 6.07) is 5.09. The fourth-order valence-electron chi connectivity index (χ4n) is 1.76. The molecule has 0 saturated carbocycles. The van der Waals surface area contributed by atoms with Crippen LogP contribution >= 0.6 is 0 Å². The first-order valence-electron chi connectivity index (χ1n) is 6.11. The standard InChI is InChI=1S/C13H18FN5/c1-9-5-4-6-11(14)10(9)7-15-8-12-16-13(18-17-12)19(2)3/h4-6,15H,7-8H2,1-3H3,(H,16,17,18). The number of hydrogen-bond donors (Lipinski definition) is 2. The molecular formula is C13H18FN5. The van der Waals surface area contributed by atoms with Gasteiger partial charge in [0.1, 0.15) is 11.6 Å². The van der Waals surface area contributed by atoms with Gasteiger partial charge in [0.15, 0.2) is 0 Å². The van der Waals surface area contributed by atoms with Gasteiger partial charge in [-0.05, 0) is 18.6 Å². The summed E-state index contributed by atoms with van der Waals surface area (Å²) in [5.41, 5.74) is 1.63. The molecule has 0 aliphatic rings. The van der Waals surface area contributed by atoms with Gasteiger partial charge in [-0.3, -0.25) is 5.10 Å². The maximum absolute atomic E-state index is 13.6. The fourth-order valence-corrected chi connectivity index (χ4v) is 1.76. The Kier molecular flexibility index (Phi) is 4.11. The van der Waals surface area contributed by atoms with Gasteiger partial charge in [-0.25, -0.2) is 4.39 Å². The van der Waals surface area contributed by atoms with Gasteiger partial charge in [0.2, 0.25) is 5.95 Å². The lowest BCUT2D eigenvalue weighted by Gasteiger charge is -2.07. The number of benzene rings is 1. The first-order valence-corrected chi connectivity index (χ1v) is 6.11. The van der Waals surface area contributed by atoms with E-state index in [1.807, 2.05) is 32.0 Å². The lowest BCUT2D eigenvalue weighted by molar-refractivity contribution is 0.580. The van der Waals surface area contributed by atoms with E-state index in [9.17, 15) is 4.39 Å². The van der Waals surface area contributed by atoms with Crippen LogP contribution in [0.2, 0.25) is 0 Å². The van der Waals surface area contributed by atoms with Crippen LogP contribution in [0.15, 0.2) is 18.2 Å². The highest BCUT2D eigenvalue weighted by atomic mass is 19.1. The summed E-state index contributed by atoms with van der Waals surface area (Å²) in [6.07, 6.45) is 0. The van der Waals surface area contributed by atoms with E-state index in [4.69, 9.17) is 0 Å². The summed E-state index contributed by atoms with van der Waals surface area (Å²) in [6.45, 7) is 2.89. The number of halogens is 1. The number of aryl methyl sites for hydroxylation is 1. The number of anilines is 1. The zero-order valence-electron chi connectivity index (χ0n) is 11.4. The van der Waals surface area contributed by atoms with E-state index in [0.717, 1.165) is 11.4 Å². The highest BCUT2D eigenvalue weighted by Crippen LogP contribution is 2.12. The normalized spacial score (nSPS) is 10.7. The lowest BCUT2D eigenvalue weighted by atomic mass is 10.1. The van der Waals surface area contributed by atoms with E-state index in [-0.39, 0.29) is 5.82 Å². The van der Waals surface area contributed by atoms with Crippen LogP contribution in [0.25, 0.3) is 0 Å². The largest absolute Gasteiger partial charge is 0.346 e. The van der Waals surface area contributed by atoms with Crippen molar-refractivity contribution in [2.75, 3.05) is 19.0 Å². The highest BCUT2D eigenvalue weighted by molar-refractivity contribution is 5.27. The Hall–Kier alpha value is -1.95. The molecule has 1 heterocycles. The van der Waals surface area contributed by atoms with Crippen LogP contribution in [0.3, 0.4) is 0 Å². The summed E-state index contributed by atoms with van der Waals surface area (Å²) >= 11 is 0. The van der Waals surface area contributed by atoms with Gasteiger partial charge in [-0.2, -0.15) is 4.98 Å². The molecule has 1 aromatic carbocycles. The molecule has 2 rings (SSSR count). The highest BCUT2D eigenvalue weighted by Gasteiger charge is 2.07. The Morgan fingerprint density at radius 3 is 2.74 bits per heavy atom. The molecule has 0 fully saturated rings. The van der Waals surface area contributed by atoms with E-state index >= 15 is 0 Å². The predicted molar refractivity (Wildman–Crippen MR) is 72.4 cm³/mol. The fraction of sp³-hybridized carbons (Fsp3) is 0.385. The first kappa shape index (κ1) is 13.5. The van der Waals surface area contributed by atoms with E-state index in [1.165, 1.54) is 6.07 Å². The second-order valence-corrected chi connectivity index (χ2v) is 4.62. The lowest BCUT2D eigenvalue weighted by Crippen LogP contribution is -2.16. The molecule has 0 aliphatic carbocycles. The third-order valence-corrected chi connectivity index (χ3v) is 2.87. The number of aromatic nitrogens is 3. The molecule has 0 spiro atoms. The molecular weight excluding hydrogens is 245 g/mol. The van der Waals surface area contributed by atoms with E-state index in [0.29, 0.717) is 24.6 Å². The Balaban J connectivity index is 1.92. The van der Waals surface area contributed by atoms with Crippen molar-refractivity contribution in [3.63, 3.8) is 0 Å². The molecule has 0 unspecified atom stereocenters. The van der Waals surface area contributed by atoms with Crippen molar-refractivity contribution in [1.82, 2.24) is 20.5 Å². The maximum atomic E-state index is 13.6. The van der Waals surface area contributed by atoms with Crippen LogP contribution in [0.5, 0.6) is 0 Å². The van der Waals surface area contributed by atoms with Gasteiger partial charge in [0.25, 0.3) is 0 Å². The van der Waals surface area contributed by atoms with E-state index < -0.39 is 0 Å². The zero-order valence-corrected chi connectivity index (χ0v) is 11.4. The topological polar surface area (TPSA) is 56.8 Å². The number of hydrogen-bond acceptors (Lipinski definition) is 4. The summed E-state index contributed by atoms with van der Waals surface area (Å²) in [5.74, 6) is 1.19. The van der Waals surface area contributed by atoms with Crippen LogP contribution in [-0.4, -0.2) is 29.3 Å². The molecule has 0 amide bonds. The van der Waals surface area contributed by atoms with Crippen LogP contribution in [0.4, 0.5) is 10.3 Å². The number of aromatic amines is 1. The van der Waals surface area contributed by atoms with Crippen molar-refractivity contribution < 1.29 is 4.39 Å². The number of nitrogens with zero attached hydrogens (tertiary/aromatic N) is 3. The Labute approximate surface area is 111 Å². The minimum Gasteiger partial charge on any atom is -0.346 e. The van der Waals surface area contributed by atoms with Crippen molar-refractivity contribution in [1.29, 1.82) is 0 Å². The van der Waals surface area contributed by atoms with Crippen molar-refractivity contribution in [3.05, 3.63) is 41.0 Å². The minimum atomic E-state index is -0.181. The number of nitrogens with one attached hydrogen (secondary N) is 2. The monoisotopic (exact) mass is 263 g/mol. The summed E-state index contributed by atoms with van der Waals surface area (Å²) in [7, 11) is 3.76. The molecule has 0 atom stereocenters. The Morgan fingerprint density at radius 1 is 1.32 bits per heavy atom. The van der Waals surface area contributed by atoms with Crippen LogP contribution in [0.1, 0.15) is 17.0 Å². The Morgan fingerprint density at radius 2 is 2.11 bits per heavy atom. The van der Waals surface area contributed by atoms with E-state index in [2.05, 4.69) is 20.5 Å². The molecule has 19 heavy (non-hydrogen) atoms. The predicted octanol–water partition coefficient (Wildman–Crippen LogP) is 1.61. The van der Waals surface area contributed by atoms with Gasteiger partial charge in [0.05, 0.1) is 6.54 Å². The van der Waals surface area contributed by atoms with E-state index in [1.54, 1.807) is 6.07 Å². The molecule has 0 bridgehead atoms. The van der Waals surface area contributed by atoms with Crippen molar-refractivity contribution in [3.8, 4) is 0 Å². The van der Waals surface area contributed by atoms with Crippen molar-refractivity contribution in [2.45, 2.75) is 20.0 Å². The summed E-state index contributed by atoms with van der Waals surface area (Å²) < 4.78 is 13.6. The molecule has 2 aromatic rings. The van der Waals surface area contributed by atoms with Gasteiger partial charge in [-0.1, -0.05) is 12.1 Å². The van der Waals surface area contributed by atoms with Crippen molar-refractivity contribution in [2.24, 2.45) is 0 Å². The number of rotatable bonds is 5. The van der Waals surface area contributed by atoms with Gasteiger partial charge < -0.3 is 10.2 Å². The smallest absolute Gasteiger partial charge is 0.244 e. The molecule has 0 radical (unpaired) electrons. The third kappa shape index (κ3) is 3.29. The second kappa shape index (κ2) is 5.79. The maximum Gasteiger partial charge on any atom is 0.244 e. The summed E-state index contributed by atoms with van der Waals surface area (Å²) in [4.78, 5) is 6.11. The summed E-state index contributed by atoms with van der Waals surface area (Å²) in [5, 5.41) is 10.1. The molecule has 5 nitrogen and oxygen atoms in total. The Bertz CT molecular complexity index is 529. The molecule has 102 valence electrons. The van der Waals surface area contributed by atoms with Crippen LogP contribution < -0.4 is 10.2 Å². The molecule has 0 aliphatic heterocycles. The number of H-pyrrole nitrogens is 1. The van der Waals surface area contributed by atoms with Gasteiger partial charge >= 0.3 is 0 Å². The third-order valence-electron chi connectivity index (χ3n) is 2.87. The SMILES string of the molecule is Cc1cccc(F)c1CNCc1nc(N(C)C)n[nH]1. The quantitative estimate of drug-likeness (QED) is 0.860. The van der Waals surface area contributed by atoms with Crippen LogP contribution in [0, 0.1) is 12.7 Å². The average molecular weight is 263 g/mol. The van der Waals surface area contributed by atoms with Crippen molar-refractivity contribution >= 4 is 5.95 Å². The molecule has 0 saturated heterocycles.